The summed E-state index contributed by atoms with van der Waals surface area (Å²) in [6, 6.07) is -0.822. The number of carbonyl (C=O) groups excluding carboxylic acids is 1. The van der Waals surface area contributed by atoms with E-state index in [9.17, 15) is 13.2 Å². The number of carbonyl (C=O) groups is 1. The third-order valence-electron chi connectivity index (χ3n) is 3.42. The van der Waals surface area contributed by atoms with Gasteiger partial charge >= 0.3 is 0 Å². The minimum atomic E-state index is -2.99. The van der Waals surface area contributed by atoms with Gasteiger partial charge in [0.15, 0.2) is 9.84 Å². The molecule has 5 nitrogen and oxygen atoms in total. The van der Waals surface area contributed by atoms with Crippen molar-refractivity contribution in [2.75, 3.05) is 18.1 Å². The molecule has 1 rings (SSSR count). The lowest BCUT2D eigenvalue weighted by Gasteiger charge is -2.30. The molecule has 0 radical (unpaired) electrons. The second-order valence-corrected chi connectivity index (χ2v) is 7.30. The molecular weight excluding hydrogens is 264 g/mol. The van der Waals surface area contributed by atoms with Gasteiger partial charge in [-0.25, -0.2) is 8.42 Å². The van der Waals surface area contributed by atoms with Gasteiger partial charge in [-0.3, -0.25) is 4.79 Å². The predicted octanol–water partition coefficient (Wildman–Crippen LogP) is 0.706. The fraction of sp³-hybridized carbons (Fsp3) is 0.769. The van der Waals surface area contributed by atoms with Gasteiger partial charge in [0.25, 0.3) is 0 Å². The van der Waals surface area contributed by atoms with Crippen molar-refractivity contribution in [3.8, 4) is 0 Å². The van der Waals surface area contributed by atoms with Crippen LogP contribution in [0.5, 0.6) is 0 Å². The van der Waals surface area contributed by atoms with Crippen LogP contribution in [-0.2, 0) is 14.6 Å². The highest BCUT2D eigenvalue weighted by Crippen LogP contribution is 2.19. The number of hydrogen-bond donors (Lipinski definition) is 1. The zero-order chi connectivity index (χ0) is 14.5. The summed E-state index contributed by atoms with van der Waals surface area (Å²) in [6.07, 6.45) is 4.38. The molecule has 0 spiro atoms. The molecule has 0 aromatic rings. The fourth-order valence-electron chi connectivity index (χ4n) is 2.32. The molecule has 1 amide bonds. The van der Waals surface area contributed by atoms with Crippen LogP contribution in [0.2, 0.25) is 0 Å². The Morgan fingerprint density at radius 3 is 2.74 bits per heavy atom. The first-order valence-corrected chi connectivity index (χ1v) is 8.60. The zero-order valence-corrected chi connectivity index (χ0v) is 12.4. The number of rotatable bonds is 7. The third kappa shape index (κ3) is 4.62. The van der Waals surface area contributed by atoms with E-state index in [0.29, 0.717) is 19.4 Å². The van der Waals surface area contributed by atoms with Gasteiger partial charge < -0.3 is 10.6 Å². The Kier molecular flexibility index (Phi) is 6.00. The molecule has 110 valence electrons. The lowest BCUT2D eigenvalue weighted by atomic mass is 10.1. The van der Waals surface area contributed by atoms with Gasteiger partial charge in [-0.05, 0) is 19.3 Å². The maximum Gasteiger partial charge on any atom is 0.240 e. The van der Waals surface area contributed by atoms with Crippen LogP contribution >= 0.6 is 0 Å². The highest BCUT2D eigenvalue weighted by atomic mass is 32.2. The topological polar surface area (TPSA) is 80.5 Å². The number of sulfone groups is 1. The van der Waals surface area contributed by atoms with Crippen molar-refractivity contribution in [3.63, 3.8) is 0 Å². The van der Waals surface area contributed by atoms with E-state index in [-0.39, 0.29) is 23.5 Å². The summed E-state index contributed by atoms with van der Waals surface area (Å²) in [5, 5.41) is 0. The van der Waals surface area contributed by atoms with E-state index in [1.807, 2.05) is 6.92 Å². The first-order chi connectivity index (χ1) is 8.91. The Balaban J connectivity index is 2.76. The molecule has 1 saturated heterocycles. The van der Waals surface area contributed by atoms with Crippen LogP contribution in [0, 0.1) is 0 Å². The van der Waals surface area contributed by atoms with E-state index in [2.05, 4.69) is 6.58 Å². The number of unbranched alkanes of at least 4 members (excludes halogenated alkanes) is 1. The van der Waals surface area contributed by atoms with Crippen LogP contribution < -0.4 is 5.73 Å². The molecule has 2 atom stereocenters. The third-order valence-corrected chi connectivity index (χ3v) is 5.17. The molecule has 0 saturated carbocycles. The normalized spacial score (nSPS) is 22.9. The molecule has 1 heterocycles. The highest BCUT2D eigenvalue weighted by Gasteiger charge is 2.35. The smallest absolute Gasteiger partial charge is 0.240 e. The van der Waals surface area contributed by atoms with Crippen molar-refractivity contribution in [1.82, 2.24) is 4.90 Å². The van der Waals surface area contributed by atoms with Crippen molar-refractivity contribution in [1.29, 1.82) is 0 Å². The predicted molar refractivity (Wildman–Crippen MR) is 76.5 cm³/mol. The molecule has 2 unspecified atom stereocenters. The molecule has 2 N–H and O–H groups in total. The van der Waals surface area contributed by atoms with Crippen LogP contribution in [0.3, 0.4) is 0 Å². The van der Waals surface area contributed by atoms with Crippen LogP contribution in [0.15, 0.2) is 12.7 Å². The van der Waals surface area contributed by atoms with Gasteiger partial charge in [0.2, 0.25) is 5.91 Å². The lowest BCUT2D eigenvalue weighted by Crippen LogP contribution is -2.49. The Hall–Kier alpha value is -0.880. The Morgan fingerprint density at radius 1 is 1.58 bits per heavy atom. The molecular formula is C13H24N2O3S. The van der Waals surface area contributed by atoms with Crippen molar-refractivity contribution in [2.24, 2.45) is 5.73 Å². The summed E-state index contributed by atoms with van der Waals surface area (Å²) in [6.45, 7) is 6.20. The molecule has 19 heavy (non-hydrogen) atoms. The summed E-state index contributed by atoms with van der Waals surface area (Å²) < 4.78 is 23.1. The quantitative estimate of drug-likeness (QED) is 0.699. The van der Waals surface area contributed by atoms with Gasteiger partial charge in [0.05, 0.1) is 17.5 Å². The average Bonchev–Trinajstić information content (AvgIpc) is 2.70. The van der Waals surface area contributed by atoms with Gasteiger partial charge in [0.1, 0.15) is 0 Å². The standard InChI is InChI=1S/C13H24N2O3S/c1-3-5-8-15(13(16)12(14)6-4-2)11-7-9-19(17,18)10-11/h4,11-12H,2-3,5-10,14H2,1H3. The van der Waals surface area contributed by atoms with Crippen molar-refractivity contribution in [3.05, 3.63) is 12.7 Å². The monoisotopic (exact) mass is 288 g/mol. The van der Waals surface area contributed by atoms with Crippen LogP contribution in [0.25, 0.3) is 0 Å². The van der Waals surface area contributed by atoms with Gasteiger partial charge in [-0.1, -0.05) is 19.4 Å². The van der Waals surface area contributed by atoms with E-state index in [1.54, 1.807) is 11.0 Å². The largest absolute Gasteiger partial charge is 0.337 e. The zero-order valence-electron chi connectivity index (χ0n) is 11.5. The molecule has 6 heteroatoms. The molecule has 0 bridgehead atoms. The summed E-state index contributed by atoms with van der Waals surface area (Å²) in [4.78, 5) is 14.0. The number of nitrogens with two attached hydrogens (primary N) is 1. The van der Waals surface area contributed by atoms with E-state index >= 15 is 0 Å². The number of hydrogen-bond acceptors (Lipinski definition) is 4. The molecule has 0 aromatic carbocycles. The molecule has 1 fully saturated rings. The SMILES string of the molecule is C=CCC(N)C(=O)N(CCCC)C1CCS(=O)(=O)C1. The van der Waals surface area contributed by atoms with Crippen molar-refractivity contribution >= 4 is 15.7 Å². The first kappa shape index (κ1) is 16.2. The Bertz CT molecular complexity index is 420. The Morgan fingerprint density at radius 2 is 2.26 bits per heavy atom. The highest BCUT2D eigenvalue weighted by molar-refractivity contribution is 7.91. The lowest BCUT2D eigenvalue weighted by molar-refractivity contribution is -0.134. The van der Waals surface area contributed by atoms with Gasteiger partial charge in [-0.15, -0.1) is 6.58 Å². The van der Waals surface area contributed by atoms with E-state index < -0.39 is 15.9 Å². The first-order valence-electron chi connectivity index (χ1n) is 6.78. The van der Waals surface area contributed by atoms with Crippen LogP contribution in [0.1, 0.15) is 32.6 Å². The van der Waals surface area contributed by atoms with Crippen molar-refractivity contribution < 1.29 is 13.2 Å². The van der Waals surface area contributed by atoms with E-state index in [1.165, 1.54) is 0 Å². The molecule has 1 aliphatic heterocycles. The van der Waals surface area contributed by atoms with E-state index in [4.69, 9.17) is 5.73 Å². The number of amides is 1. The fourth-order valence-corrected chi connectivity index (χ4v) is 4.05. The second-order valence-electron chi connectivity index (χ2n) is 5.07. The van der Waals surface area contributed by atoms with E-state index in [0.717, 1.165) is 12.8 Å². The molecule has 0 aliphatic carbocycles. The Labute approximate surface area is 115 Å². The van der Waals surface area contributed by atoms with Gasteiger partial charge in [0, 0.05) is 12.6 Å². The minimum absolute atomic E-state index is 0.0727. The van der Waals surface area contributed by atoms with Crippen molar-refractivity contribution in [2.45, 2.75) is 44.7 Å². The molecule has 1 aliphatic rings. The van der Waals surface area contributed by atoms with Gasteiger partial charge in [-0.2, -0.15) is 0 Å². The average molecular weight is 288 g/mol. The number of nitrogens with zero attached hydrogens (tertiary/aromatic N) is 1. The van der Waals surface area contributed by atoms with Crippen LogP contribution in [-0.4, -0.2) is 49.4 Å². The summed E-state index contributed by atoms with van der Waals surface area (Å²) in [7, 11) is -2.99. The van der Waals surface area contributed by atoms with Crippen LogP contribution in [0.4, 0.5) is 0 Å². The maximum absolute atomic E-state index is 12.3. The maximum atomic E-state index is 12.3. The second kappa shape index (κ2) is 7.05. The molecule has 0 aromatic heterocycles. The minimum Gasteiger partial charge on any atom is -0.337 e. The summed E-state index contributed by atoms with van der Waals surface area (Å²) in [5.41, 5.74) is 5.82. The summed E-state index contributed by atoms with van der Waals surface area (Å²) in [5.74, 6) is 0.0866. The summed E-state index contributed by atoms with van der Waals surface area (Å²) >= 11 is 0.